The van der Waals surface area contributed by atoms with Gasteiger partial charge in [-0.2, -0.15) is 0 Å². The minimum Gasteiger partial charge on any atom is -0.493 e. The van der Waals surface area contributed by atoms with Crippen LogP contribution in [-0.2, 0) is 0 Å². The number of methoxy groups -OCH3 is 2. The quantitative estimate of drug-likeness (QED) is 0.904. The summed E-state index contributed by atoms with van der Waals surface area (Å²) in [7, 11) is 3.17. The Morgan fingerprint density at radius 1 is 1.10 bits per heavy atom. The Bertz CT molecular complexity index is 661. The number of aryl methyl sites for hydroxylation is 1. The molecule has 5 heteroatoms. The molecular weight excluding hydrogens is 337 g/mol. The Balaban J connectivity index is 2.47. The van der Waals surface area contributed by atoms with E-state index in [2.05, 4.69) is 15.9 Å². The molecule has 0 aliphatic carbocycles. The van der Waals surface area contributed by atoms with E-state index in [1.165, 1.54) is 6.07 Å². The molecule has 0 aliphatic heterocycles. The molecule has 0 bridgehead atoms. The Labute approximate surface area is 132 Å². The first-order valence-corrected chi connectivity index (χ1v) is 7.20. The fraction of sp³-hybridized carbons (Fsp3) is 0.250. The van der Waals surface area contributed by atoms with Crippen LogP contribution in [0.25, 0.3) is 0 Å². The molecule has 0 spiro atoms. The van der Waals surface area contributed by atoms with Crippen molar-refractivity contribution in [1.82, 2.24) is 0 Å². The van der Waals surface area contributed by atoms with Crippen LogP contribution in [0.15, 0.2) is 34.8 Å². The fourth-order valence-electron chi connectivity index (χ4n) is 2.22. The van der Waals surface area contributed by atoms with Gasteiger partial charge in [-0.1, -0.05) is 6.07 Å². The molecule has 3 nitrogen and oxygen atoms in total. The first-order chi connectivity index (χ1) is 9.97. The second kappa shape index (κ2) is 6.45. The topological polar surface area (TPSA) is 44.5 Å². The van der Waals surface area contributed by atoms with Crippen LogP contribution >= 0.6 is 15.9 Å². The number of nitrogens with two attached hydrogens (primary N) is 1. The molecule has 0 aliphatic rings. The van der Waals surface area contributed by atoms with Crippen LogP contribution in [0.1, 0.15) is 22.7 Å². The first-order valence-electron chi connectivity index (χ1n) is 6.41. The van der Waals surface area contributed by atoms with Crippen LogP contribution in [-0.4, -0.2) is 14.2 Å². The van der Waals surface area contributed by atoms with Crippen molar-refractivity contribution < 1.29 is 13.9 Å². The highest BCUT2D eigenvalue weighted by Crippen LogP contribution is 2.34. The van der Waals surface area contributed by atoms with Crippen molar-refractivity contribution in [2.45, 2.75) is 13.0 Å². The number of ether oxygens (including phenoxy) is 2. The third-order valence-corrected chi connectivity index (χ3v) is 4.02. The third kappa shape index (κ3) is 3.19. The molecule has 0 saturated carbocycles. The summed E-state index contributed by atoms with van der Waals surface area (Å²) in [4.78, 5) is 0. The van der Waals surface area contributed by atoms with E-state index >= 15 is 0 Å². The molecule has 2 aromatic rings. The largest absolute Gasteiger partial charge is 0.493 e. The van der Waals surface area contributed by atoms with Crippen molar-refractivity contribution in [3.05, 3.63) is 57.3 Å². The van der Waals surface area contributed by atoms with Gasteiger partial charge < -0.3 is 15.2 Å². The summed E-state index contributed by atoms with van der Waals surface area (Å²) < 4.78 is 24.3. The van der Waals surface area contributed by atoms with Gasteiger partial charge in [0.1, 0.15) is 5.82 Å². The summed E-state index contributed by atoms with van der Waals surface area (Å²) >= 11 is 3.18. The standard InChI is InChI=1S/C16H17BrFNO2/c1-9-6-14(20-2)15(21-3)8-11(9)16(19)10-4-5-13(18)12(17)7-10/h4-8,16H,19H2,1-3H3. The zero-order valence-corrected chi connectivity index (χ0v) is 13.7. The van der Waals surface area contributed by atoms with Crippen molar-refractivity contribution in [1.29, 1.82) is 0 Å². The van der Waals surface area contributed by atoms with Crippen LogP contribution in [0.4, 0.5) is 4.39 Å². The summed E-state index contributed by atoms with van der Waals surface area (Å²) in [5.74, 6) is 0.968. The number of hydrogen-bond donors (Lipinski definition) is 1. The van der Waals surface area contributed by atoms with Crippen molar-refractivity contribution in [2.24, 2.45) is 5.73 Å². The lowest BCUT2D eigenvalue weighted by Crippen LogP contribution is -2.14. The van der Waals surface area contributed by atoms with Gasteiger partial charge in [-0.15, -0.1) is 0 Å². The maximum absolute atomic E-state index is 13.3. The van der Waals surface area contributed by atoms with Crippen LogP contribution < -0.4 is 15.2 Å². The van der Waals surface area contributed by atoms with E-state index in [-0.39, 0.29) is 11.9 Å². The zero-order valence-electron chi connectivity index (χ0n) is 12.1. The normalized spacial score (nSPS) is 12.1. The van der Waals surface area contributed by atoms with E-state index in [4.69, 9.17) is 15.2 Å². The third-order valence-electron chi connectivity index (χ3n) is 3.41. The van der Waals surface area contributed by atoms with Gasteiger partial charge in [0.2, 0.25) is 0 Å². The minimum absolute atomic E-state index is 0.310. The molecule has 2 N–H and O–H groups in total. The second-order valence-corrected chi connectivity index (χ2v) is 5.57. The Morgan fingerprint density at radius 2 is 1.71 bits per heavy atom. The minimum atomic E-state index is -0.373. The molecular formula is C16H17BrFNO2. The van der Waals surface area contributed by atoms with Gasteiger partial charge in [-0.25, -0.2) is 4.39 Å². The van der Waals surface area contributed by atoms with E-state index in [0.717, 1.165) is 16.7 Å². The lowest BCUT2D eigenvalue weighted by Gasteiger charge is -2.18. The summed E-state index contributed by atoms with van der Waals surface area (Å²) in [5, 5.41) is 0. The van der Waals surface area contributed by atoms with Gasteiger partial charge in [-0.3, -0.25) is 0 Å². The lowest BCUT2D eigenvalue weighted by atomic mass is 9.95. The molecule has 2 aromatic carbocycles. The number of benzene rings is 2. The summed E-state index contributed by atoms with van der Waals surface area (Å²) in [6.07, 6.45) is 0. The first kappa shape index (κ1) is 15.8. The Kier molecular flexibility index (Phi) is 4.85. The van der Waals surface area contributed by atoms with Gasteiger partial charge in [0.05, 0.1) is 24.7 Å². The van der Waals surface area contributed by atoms with Crippen LogP contribution in [0, 0.1) is 12.7 Å². The maximum atomic E-state index is 13.3. The van der Waals surface area contributed by atoms with E-state index in [1.54, 1.807) is 26.4 Å². The molecule has 0 radical (unpaired) electrons. The molecule has 2 rings (SSSR count). The average molecular weight is 354 g/mol. The maximum Gasteiger partial charge on any atom is 0.161 e. The SMILES string of the molecule is COc1cc(C)c(C(N)c2ccc(F)c(Br)c2)cc1OC. The lowest BCUT2D eigenvalue weighted by molar-refractivity contribution is 0.354. The summed E-state index contributed by atoms with van der Waals surface area (Å²) in [6, 6.07) is 8.14. The van der Waals surface area contributed by atoms with E-state index in [1.807, 2.05) is 19.1 Å². The van der Waals surface area contributed by atoms with Crippen LogP contribution in [0.2, 0.25) is 0 Å². The molecule has 0 saturated heterocycles. The molecule has 0 aromatic heterocycles. The zero-order chi connectivity index (χ0) is 15.6. The fourth-order valence-corrected chi connectivity index (χ4v) is 2.61. The van der Waals surface area contributed by atoms with Gasteiger partial charge >= 0.3 is 0 Å². The van der Waals surface area contributed by atoms with Gasteiger partial charge in [0, 0.05) is 0 Å². The van der Waals surface area contributed by atoms with Crippen molar-refractivity contribution in [2.75, 3.05) is 14.2 Å². The number of hydrogen-bond acceptors (Lipinski definition) is 3. The molecule has 112 valence electrons. The average Bonchev–Trinajstić information content (AvgIpc) is 2.49. The van der Waals surface area contributed by atoms with Crippen LogP contribution in [0.5, 0.6) is 11.5 Å². The predicted octanol–water partition coefficient (Wildman–Crippen LogP) is 3.96. The molecule has 1 unspecified atom stereocenters. The summed E-state index contributed by atoms with van der Waals surface area (Å²) in [5.41, 5.74) is 9.02. The highest BCUT2D eigenvalue weighted by atomic mass is 79.9. The number of rotatable bonds is 4. The highest BCUT2D eigenvalue weighted by Gasteiger charge is 2.16. The van der Waals surface area contributed by atoms with E-state index in [0.29, 0.717) is 16.0 Å². The molecule has 0 heterocycles. The van der Waals surface area contributed by atoms with Crippen LogP contribution in [0.3, 0.4) is 0 Å². The second-order valence-electron chi connectivity index (χ2n) is 4.71. The summed E-state index contributed by atoms with van der Waals surface area (Å²) in [6.45, 7) is 1.95. The molecule has 0 amide bonds. The smallest absolute Gasteiger partial charge is 0.161 e. The van der Waals surface area contributed by atoms with Gasteiger partial charge in [0.25, 0.3) is 0 Å². The Morgan fingerprint density at radius 3 is 2.29 bits per heavy atom. The predicted molar refractivity (Wildman–Crippen MR) is 84.4 cm³/mol. The van der Waals surface area contributed by atoms with Crippen molar-refractivity contribution in [3.63, 3.8) is 0 Å². The molecule has 21 heavy (non-hydrogen) atoms. The molecule has 0 fully saturated rings. The van der Waals surface area contributed by atoms with E-state index in [9.17, 15) is 4.39 Å². The molecule has 1 atom stereocenters. The van der Waals surface area contributed by atoms with Gasteiger partial charge in [-0.05, 0) is 63.8 Å². The highest BCUT2D eigenvalue weighted by molar-refractivity contribution is 9.10. The van der Waals surface area contributed by atoms with E-state index < -0.39 is 0 Å². The Hall–Kier alpha value is -1.59. The van der Waals surface area contributed by atoms with Crippen molar-refractivity contribution >= 4 is 15.9 Å². The van der Waals surface area contributed by atoms with Crippen molar-refractivity contribution in [3.8, 4) is 11.5 Å². The monoisotopic (exact) mass is 353 g/mol. The van der Waals surface area contributed by atoms with Gasteiger partial charge in [0.15, 0.2) is 11.5 Å². The number of halogens is 2.